The van der Waals surface area contributed by atoms with Gasteiger partial charge >= 0.3 is 5.97 Å². The van der Waals surface area contributed by atoms with Crippen molar-refractivity contribution in [2.24, 2.45) is 11.3 Å². The molecule has 4 rings (SSSR count). The van der Waals surface area contributed by atoms with Crippen molar-refractivity contribution >= 4 is 44.7 Å². The number of carbonyl (C=O) groups is 1. The summed E-state index contributed by atoms with van der Waals surface area (Å²) in [5, 5.41) is 1.09. The lowest BCUT2D eigenvalue weighted by Gasteiger charge is -2.36. The van der Waals surface area contributed by atoms with Crippen molar-refractivity contribution in [3.63, 3.8) is 0 Å². The average molecular weight is 488 g/mol. The average Bonchev–Trinajstić information content (AvgIpc) is 3.11. The summed E-state index contributed by atoms with van der Waals surface area (Å²) in [6.07, 6.45) is 4.68. The lowest BCUT2D eigenvalue weighted by atomic mass is 9.84. The van der Waals surface area contributed by atoms with Gasteiger partial charge in [-0.2, -0.15) is 4.39 Å². The molecular formula is C27H31ClFNO2S. The maximum absolute atomic E-state index is 15.0. The minimum atomic E-state index is -0.397. The second-order valence-electron chi connectivity index (χ2n) is 10.2. The van der Waals surface area contributed by atoms with Crippen LogP contribution in [0.2, 0.25) is 5.02 Å². The predicted octanol–water partition coefficient (Wildman–Crippen LogP) is 8.19. The highest BCUT2D eigenvalue weighted by Crippen LogP contribution is 2.41. The third-order valence-electron chi connectivity index (χ3n) is 6.46. The van der Waals surface area contributed by atoms with E-state index in [-0.39, 0.29) is 5.13 Å². The number of thiophene rings is 1. The number of anilines is 1. The number of fused-ring (bicyclic) bond motifs is 1. The summed E-state index contributed by atoms with van der Waals surface area (Å²) >= 11 is 7.17. The van der Waals surface area contributed by atoms with E-state index in [1.165, 1.54) is 26.4 Å². The van der Waals surface area contributed by atoms with Crippen LogP contribution in [-0.2, 0) is 4.74 Å². The molecule has 1 atom stereocenters. The van der Waals surface area contributed by atoms with Crippen molar-refractivity contribution in [1.29, 1.82) is 0 Å². The zero-order valence-electron chi connectivity index (χ0n) is 19.7. The third kappa shape index (κ3) is 5.36. The number of halogens is 2. The van der Waals surface area contributed by atoms with Crippen LogP contribution >= 0.6 is 22.9 Å². The smallest absolute Gasteiger partial charge is 0.339 e. The van der Waals surface area contributed by atoms with Gasteiger partial charge in [-0.15, -0.1) is 11.3 Å². The molecule has 0 unspecified atom stereocenters. The fourth-order valence-electron chi connectivity index (χ4n) is 4.71. The lowest BCUT2D eigenvalue weighted by molar-refractivity contribution is 0.0601. The van der Waals surface area contributed by atoms with E-state index in [9.17, 15) is 9.18 Å². The molecule has 1 fully saturated rings. The van der Waals surface area contributed by atoms with E-state index in [1.807, 2.05) is 18.2 Å². The maximum atomic E-state index is 15.0. The number of esters is 1. The molecule has 176 valence electrons. The van der Waals surface area contributed by atoms with E-state index in [1.54, 1.807) is 18.2 Å². The largest absolute Gasteiger partial charge is 0.465 e. The van der Waals surface area contributed by atoms with Crippen molar-refractivity contribution in [3.05, 3.63) is 52.1 Å². The molecule has 0 bridgehead atoms. The second-order valence-corrected chi connectivity index (χ2v) is 11.6. The Morgan fingerprint density at radius 3 is 2.76 bits per heavy atom. The van der Waals surface area contributed by atoms with Gasteiger partial charge in [0.15, 0.2) is 5.13 Å². The van der Waals surface area contributed by atoms with E-state index in [0.717, 1.165) is 46.6 Å². The molecule has 3 aromatic rings. The van der Waals surface area contributed by atoms with E-state index in [4.69, 9.17) is 16.3 Å². The Balaban J connectivity index is 1.68. The van der Waals surface area contributed by atoms with Crippen LogP contribution < -0.4 is 4.90 Å². The summed E-state index contributed by atoms with van der Waals surface area (Å²) in [7, 11) is 1.39. The molecule has 3 nitrogen and oxygen atoms in total. The molecule has 33 heavy (non-hydrogen) atoms. The molecule has 6 heteroatoms. The molecule has 0 aliphatic carbocycles. The molecule has 0 spiro atoms. The number of piperidine rings is 1. The number of rotatable bonds is 5. The zero-order chi connectivity index (χ0) is 23.8. The number of carbonyl (C=O) groups excluding carboxylic acids is 1. The second kappa shape index (κ2) is 9.63. The summed E-state index contributed by atoms with van der Waals surface area (Å²) < 4.78 is 20.9. The van der Waals surface area contributed by atoms with Crippen LogP contribution in [0.5, 0.6) is 0 Å². The van der Waals surface area contributed by atoms with Gasteiger partial charge in [-0.25, -0.2) is 4.79 Å². The standard InChI is InChI=1S/C27H31ClFNO2S/c1-27(2,3)12-11-17-6-5-13-30(16-17)22-10-7-18(14-21(22)26(31)32-4)24-20-9-8-19(28)15-23(20)33-25(24)29/h7-10,14-15,17H,5-6,11-13,16H2,1-4H3/t17-/m1/s1. The SMILES string of the molecule is COC(=O)c1cc(-c2c(F)sc3cc(Cl)ccc23)ccc1N1CCC[C@H](CCC(C)(C)C)C1. The molecule has 0 saturated carbocycles. The van der Waals surface area contributed by atoms with E-state index in [2.05, 4.69) is 25.7 Å². The number of nitrogens with zero attached hydrogens (tertiary/aromatic N) is 1. The first-order chi connectivity index (χ1) is 15.7. The lowest BCUT2D eigenvalue weighted by Crippen LogP contribution is -2.36. The van der Waals surface area contributed by atoms with Crippen LogP contribution in [0.1, 0.15) is 56.8 Å². The highest BCUT2D eigenvalue weighted by molar-refractivity contribution is 7.18. The normalized spacial score (nSPS) is 16.9. The Morgan fingerprint density at radius 1 is 1.24 bits per heavy atom. The van der Waals surface area contributed by atoms with E-state index >= 15 is 0 Å². The molecule has 1 aliphatic rings. The molecule has 1 saturated heterocycles. The molecule has 0 N–H and O–H groups in total. The quantitative estimate of drug-likeness (QED) is 0.340. The highest BCUT2D eigenvalue weighted by atomic mass is 35.5. The van der Waals surface area contributed by atoms with Gasteiger partial charge in [0.1, 0.15) is 0 Å². The van der Waals surface area contributed by atoms with Crippen molar-refractivity contribution < 1.29 is 13.9 Å². The van der Waals surface area contributed by atoms with Gasteiger partial charge in [0, 0.05) is 33.8 Å². The first-order valence-electron chi connectivity index (χ1n) is 11.5. The topological polar surface area (TPSA) is 29.5 Å². The van der Waals surface area contributed by atoms with Gasteiger partial charge in [-0.3, -0.25) is 0 Å². The number of benzene rings is 2. The van der Waals surface area contributed by atoms with Gasteiger partial charge in [0.25, 0.3) is 0 Å². The van der Waals surface area contributed by atoms with E-state index in [0.29, 0.717) is 33.0 Å². The number of hydrogen-bond acceptors (Lipinski definition) is 4. The van der Waals surface area contributed by atoms with Crippen LogP contribution in [-0.4, -0.2) is 26.2 Å². The number of ether oxygens (including phenoxy) is 1. The molecule has 0 radical (unpaired) electrons. The van der Waals surface area contributed by atoms with Crippen molar-refractivity contribution in [1.82, 2.24) is 0 Å². The third-order valence-corrected chi connectivity index (χ3v) is 7.64. The minimum Gasteiger partial charge on any atom is -0.465 e. The van der Waals surface area contributed by atoms with Crippen LogP contribution in [0.25, 0.3) is 21.2 Å². The fraction of sp³-hybridized carbons (Fsp3) is 0.444. The summed E-state index contributed by atoms with van der Waals surface area (Å²) in [5.74, 6) is 0.206. The number of hydrogen-bond donors (Lipinski definition) is 0. The summed E-state index contributed by atoms with van der Waals surface area (Å²) in [6.45, 7) is 8.67. The summed E-state index contributed by atoms with van der Waals surface area (Å²) in [6, 6.07) is 11.0. The van der Waals surface area contributed by atoms with Gasteiger partial charge in [0.2, 0.25) is 0 Å². The molecule has 0 amide bonds. The van der Waals surface area contributed by atoms with Gasteiger partial charge in [0.05, 0.1) is 18.4 Å². The van der Waals surface area contributed by atoms with Crippen LogP contribution in [0, 0.1) is 16.5 Å². The molecule has 2 heterocycles. The minimum absolute atomic E-state index is 0.281. The maximum Gasteiger partial charge on any atom is 0.339 e. The summed E-state index contributed by atoms with van der Waals surface area (Å²) in [5.41, 5.74) is 2.85. The van der Waals surface area contributed by atoms with Crippen LogP contribution in [0.15, 0.2) is 36.4 Å². The van der Waals surface area contributed by atoms with Crippen molar-refractivity contribution in [2.45, 2.75) is 46.5 Å². The first-order valence-corrected chi connectivity index (χ1v) is 12.7. The molecule has 1 aromatic heterocycles. The predicted molar refractivity (Wildman–Crippen MR) is 137 cm³/mol. The Morgan fingerprint density at radius 2 is 2.03 bits per heavy atom. The molecular weight excluding hydrogens is 457 g/mol. The number of methoxy groups -OCH3 is 1. The van der Waals surface area contributed by atoms with Gasteiger partial charge in [-0.1, -0.05) is 44.5 Å². The fourth-order valence-corrected chi connectivity index (χ4v) is 5.93. The Bertz CT molecular complexity index is 1170. The van der Waals surface area contributed by atoms with Gasteiger partial charge < -0.3 is 9.64 Å². The zero-order valence-corrected chi connectivity index (χ0v) is 21.3. The van der Waals surface area contributed by atoms with Crippen LogP contribution in [0.4, 0.5) is 10.1 Å². The Kier molecular flexibility index (Phi) is 7.01. The van der Waals surface area contributed by atoms with E-state index < -0.39 is 5.97 Å². The van der Waals surface area contributed by atoms with Crippen LogP contribution in [0.3, 0.4) is 0 Å². The molecule has 1 aliphatic heterocycles. The monoisotopic (exact) mass is 487 g/mol. The summed E-state index contributed by atoms with van der Waals surface area (Å²) in [4.78, 5) is 15.1. The Labute approximate surface area is 204 Å². The highest BCUT2D eigenvalue weighted by Gasteiger charge is 2.26. The van der Waals surface area contributed by atoms with Crippen molar-refractivity contribution in [2.75, 3.05) is 25.1 Å². The molecule has 2 aromatic carbocycles. The Hall–Kier alpha value is -2.11. The van der Waals surface area contributed by atoms with Gasteiger partial charge in [-0.05, 0) is 66.8 Å². The van der Waals surface area contributed by atoms with Crippen molar-refractivity contribution in [3.8, 4) is 11.1 Å². The first kappa shape index (κ1) is 24.0.